The minimum absolute atomic E-state index is 0.0433. The molecule has 3 aromatic rings. The highest BCUT2D eigenvalue weighted by atomic mass is 35.5. The first-order valence-corrected chi connectivity index (χ1v) is 15.9. The third-order valence-corrected chi connectivity index (χ3v) is 9.91. The van der Waals surface area contributed by atoms with E-state index in [9.17, 15) is 18.0 Å². The molecule has 0 aromatic heterocycles. The van der Waals surface area contributed by atoms with Crippen LogP contribution in [0.2, 0.25) is 10.0 Å². The van der Waals surface area contributed by atoms with Crippen molar-refractivity contribution in [3.63, 3.8) is 0 Å². The van der Waals surface area contributed by atoms with Gasteiger partial charge in [0.05, 0.1) is 10.6 Å². The van der Waals surface area contributed by atoms with E-state index < -0.39 is 28.5 Å². The summed E-state index contributed by atoms with van der Waals surface area (Å²) < 4.78 is 28.8. The topological polar surface area (TPSA) is 86.8 Å². The minimum atomic E-state index is -4.12. The van der Waals surface area contributed by atoms with Crippen LogP contribution in [0, 0.1) is 6.92 Å². The van der Waals surface area contributed by atoms with Gasteiger partial charge in [-0.05, 0) is 68.7 Å². The van der Waals surface area contributed by atoms with E-state index in [-0.39, 0.29) is 23.4 Å². The van der Waals surface area contributed by atoms with Crippen LogP contribution in [-0.2, 0) is 26.2 Å². The molecule has 1 fully saturated rings. The highest BCUT2D eigenvalue weighted by Gasteiger charge is 2.33. The molecule has 2 amide bonds. The van der Waals surface area contributed by atoms with Crippen molar-refractivity contribution in [2.24, 2.45) is 0 Å². The SMILES string of the molecule is Cc1cccc(N(CC(=O)N(Cc2c(Cl)cccc2Cl)[C@@H](C)C(=O)NC2CCCCC2)S(=O)(=O)c2ccccc2)c1. The van der Waals surface area contributed by atoms with Gasteiger partial charge in [0.2, 0.25) is 11.8 Å². The number of sulfonamides is 1. The molecule has 0 unspecified atom stereocenters. The standard InChI is InChI=1S/C31H35Cl2N3O4S/c1-22-11-9-14-25(19-22)36(41(39,40)26-15-7-4-8-16-26)21-30(37)35(20-27-28(32)17-10-18-29(27)33)23(2)31(38)34-24-12-5-3-6-13-24/h4,7-11,14-19,23-24H,3,5-6,12-13,20-21H2,1-2H3,(H,34,38)/t23-/m0/s1. The lowest BCUT2D eigenvalue weighted by Crippen LogP contribution is -2.53. The van der Waals surface area contributed by atoms with Crippen LogP contribution in [0.25, 0.3) is 0 Å². The predicted molar refractivity (Wildman–Crippen MR) is 164 cm³/mol. The van der Waals surface area contributed by atoms with Gasteiger partial charge in [0, 0.05) is 28.2 Å². The number of nitrogens with zero attached hydrogens (tertiary/aromatic N) is 2. The van der Waals surface area contributed by atoms with E-state index in [1.807, 2.05) is 13.0 Å². The zero-order valence-corrected chi connectivity index (χ0v) is 25.6. The molecule has 3 aromatic carbocycles. The van der Waals surface area contributed by atoms with E-state index in [4.69, 9.17) is 23.2 Å². The molecule has 7 nitrogen and oxygen atoms in total. The minimum Gasteiger partial charge on any atom is -0.352 e. The molecule has 1 aliphatic rings. The van der Waals surface area contributed by atoms with Gasteiger partial charge in [-0.1, -0.05) is 78.9 Å². The molecule has 1 aliphatic carbocycles. The normalized spacial score (nSPS) is 14.7. The molecule has 0 saturated heterocycles. The van der Waals surface area contributed by atoms with Gasteiger partial charge in [-0.15, -0.1) is 0 Å². The molecule has 1 N–H and O–H groups in total. The van der Waals surface area contributed by atoms with Gasteiger partial charge >= 0.3 is 0 Å². The summed E-state index contributed by atoms with van der Waals surface area (Å²) in [6.45, 7) is 2.90. The van der Waals surface area contributed by atoms with E-state index in [0.717, 1.165) is 42.0 Å². The summed E-state index contributed by atoms with van der Waals surface area (Å²) in [7, 11) is -4.12. The Labute approximate surface area is 252 Å². The van der Waals surface area contributed by atoms with Crippen LogP contribution in [0.15, 0.2) is 77.7 Å². The fourth-order valence-corrected chi connectivity index (χ4v) is 6.98. The van der Waals surface area contributed by atoms with Crippen molar-refractivity contribution in [1.82, 2.24) is 10.2 Å². The summed E-state index contributed by atoms with van der Waals surface area (Å²) in [4.78, 5) is 29.0. The van der Waals surface area contributed by atoms with E-state index in [0.29, 0.717) is 21.3 Å². The Kier molecular flexibility index (Phi) is 10.3. The Bertz CT molecular complexity index is 1460. The van der Waals surface area contributed by atoms with Crippen molar-refractivity contribution in [2.45, 2.75) is 69.5 Å². The summed E-state index contributed by atoms with van der Waals surface area (Å²) in [6.07, 6.45) is 5.00. The highest BCUT2D eigenvalue weighted by molar-refractivity contribution is 7.92. The molecular weight excluding hydrogens is 581 g/mol. The average molecular weight is 617 g/mol. The monoisotopic (exact) mass is 615 g/mol. The summed E-state index contributed by atoms with van der Waals surface area (Å²) >= 11 is 12.9. The Balaban J connectivity index is 1.70. The molecule has 1 saturated carbocycles. The maximum atomic E-state index is 14.1. The smallest absolute Gasteiger partial charge is 0.264 e. The van der Waals surface area contributed by atoms with E-state index >= 15 is 0 Å². The fraction of sp³-hybridized carbons (Fsp3) is 0.355. The molecular formula is C31H35Cl2N3O4S. The third-order valence-electron chi connectivity index (χ3n) is 7.41. The maximum absolute atomic E-state index is 14.1. The van der Waals surface area contributed by atoms with Gasteiger partial charge in [0.25, 0.3) is 10.0 Å². The predicted octanol–water partition coefficient (Wildman–Crippen LogP) is 6.36. The Hall–Kier alpha value is -3.07. The quantitative estimate of drug-likeness (QED) is 0.287. The zero-order valence-electron chi connectivity index (χ0n) is 23.2. The number of halogens is 2. The molecule has 0 spiro atoms. The van der Waals surface area contributed by atoms with E-state index in [1.54, 1.807) is 61.5 Å². The second-order valence-electron chi connectivity index (χ2n) is 10.4. The lowest BCUT2D eigenvalue weighted by Gasteiger charge is -2.33. The Morgan fingerprint density at radius 3 is 2.20 bits per heavy atom. The number of aryl methyl sites for hydroxylation is 1. The molecule has 1 atom stereocenters. The van der Waals surface area contributed by atoms with Crippen LogP contribution in [0.4, 0.5) is 5.69 Å². The lowest BCUT2D eigenvalue weighted by atomic mass is 9.95. The molecule has 0 aliphatic heterocycles. The number of carbonyl (C=O) groups excluding carboxylic acids is 2. The summed E-state index contributed by atoms with van der Waals surface area (Å²) in [5, 5.41) is 3.79. The summed E-state index contributed by atoms with van der Waals surface area (Å²) in [5.74, 6) is -0.866. The van der Waals surface area contributed by atoms with E-state index in [2.05, 4.69) is 5.32 Å². The zero-order chi connectivity index (χ0) is 29.6. The first-order valence-electron chi connectivity index (χ1n) is 13.7. The number of benzene rings is 3. The average Bonchev–Trinajstić information content (AvgIpc) is 2.96. The number of carbonyl (C=O) groups is 2. The lowest BCUT2D eigenvalue weighted by molar-refractivity contribution is -0.139. The van der Waals surface area contributed by atoms with Gasteiger partial charge in [-0.25, -0.2) is 8.42 Å². The Morgan fingerprint density at radius 2 is 1.56 bits per heavy atom. The van der Waals surface area contributed by atoms with E-state index in [1.165, 1.54) is 17.0 Å². The summed E-state index contributed by atoms with van der Waals surface area (Å²) in [5.41, 5.74) is 1.66. The second-order valence-corrected chi connectivity index (χ2v) is 13.1. The second kappa shape index (κ2) is 13.7. The van der Waals surface area contributed by atoms with Gasteiger partial charge in [0.1, 0.15) is 12.6 Å². The van der Waals surface area contributed by atoms with Crippen molar-refractivity contribution in [1.29, 1.82) is 0 Å². The van der Waals surface area contributed by atoms with Crippen LogP contribution in [-0.4, -0.2) is 43.8 Å². The third kappa shape index (κ3) is 7.61. The Morgan fingerprint density at radius 1 is 0.927 bits per heavy atom. The maximum Gasteiger partial charge on any atom is 0.264 e. The fourth-order valence-electron chi connectivity index (χ4n) is 5.04. The van der Waals surface area contributed by atoms with Gasteiger partial charge in [-0.2, -0.15) is 0 Å². The van der Waals surface area contributed by atoms with Crippen molar-refractivity contribution in [3.8, 4) is 0 Å². The molecule has 0 heterocycles. The molecule has 4 rings (SSSR count). The molecule has 0 radical (unpaired) electrons. The van der Waals surface area contributed by atoms with Gasteiger partial charge in [0.15, 0.2) is 0 Å². The number of amides is 2. The van der Waals surface area contributed by atoms with Crippen molar-refractivity contribution < 1.29 is 18.0 Å². The number of anilines is 1. The largest absolute Gasteiger partial charge is 0.352 e. The molecule has 10 heteroatoms. The van der Waals surface area contributed by atoms with Crippen LogP contribution in [0.3, 0.4) is 0 Å². The van der Waals surface area contributed by atoms with Crippen LogP contribution < -0.4 is 9.62 Å². The number of nitrogens with one attached hydrogen (secondary N) is 1. The highest BCUT2D eigenvalue weighted by Crippen LogP contribution is 2.29. The molecule has 218 valence electrons. The van der Waals surface area contributed by atoms with Crippen LogP contribution >= 0.6 is 23.2 Å². The van der Waals surface area contributed by atoms with Crippen molar-refractivity contribution >= 4 is 50.7 Å². The van der Waals surface area contributed by atoms with Crippen molar-refractivity contribution in [3.05, 3.63) is 94.0 Å². The molecule has 41 heavy (non-hydrogen) atoms. The molecule has 0 bridgehead atoms. The first kappa shape index (κ1) is 30.9. The number of rotatable bonds is 10. The number of hydrogen-bond donors (Lipinski definition) is 1. The van der Waals surface area contributed by atoms with Gasteiger partial charge < -0.3 is 10.2 Å². The van der Waals surface area contributed by atoms with Crippen molar-refractivity contribution in [2.75, 3.05) is 10.8 Å². The summed E-state index contributed by atoms with van der Waals surface area (Å²) in [6, 6.07) is 19.1. The van der Waals surface area contributed by atoms with Gasteiger partial charge in [-0.3, -0.25) is 13.9 Å². The number of hydrogen-bond acceptors (Lipinski definition) is 4. The first-order chi connectivity index (χ1) is 19.6. The van der Waals surface area contributed by atoms with Crippen LogP contribution in [0.1, 0.15) is 50.2 Å². The van der Waals surface area contributed by atoms with Crippen LogP contribution in [0.5, 0.6) is 0 Å².